The van der Waals surface area contributed by atoms with Crippen LogP contribution >= 0.6 is 0 Å². The summed E-state index contributed by atoms with van der Waals surface area (Å²) >= 11 is 0. The van der Waals surface area contributed by atoms with Crippen LogP contribution < -0.4 is 4.74 Å². The van der Waals surface area contributed by atoms with Crippen LogP contribution in [-0.2, 0) is 11.8 Å². The van der Waals surface area contributed by atoms with Gasteiger partial charge in [-0.25, -0.2) is 0 Å². The topological polar surface area (TPSA) is 9.23 Å². The van der Waals surface area contributed by atoms with Crippen LogP contribution in [0.3, 0.4) is 0 Å². The quantitative estimate of drug-likeness (QED) is 0.454. The van der Waals surface area contributed by atoms with E-state index in [0.717, 1.165) is 24.3 Å². The second-order valence-electron chi connectivity index (χ2n) is 8.32. The van der Waals surface area contributed by atoms with Gasteiger partial charge in [-0.15, -0.1) is 0 Å². The van der Waals surface area contributed by atoms with Crippen LogP contribution in [0.2, 0.25) is 0 Å². The molecule has 3 aromatic rings. The molecule has 0 N–H and O–H groups in total. The van der Waals surface area contributed by atoms with Crippen LogP contribution in [0.25, 0.3) is 11.1 Å². The van der Waals surface area contributed by atoms with Crippen molar-refractivity contribution >= 4 is 0 Å². The maximum atomic E-state index is 6.38. The number of ether oxygens (including phenoxy) is 1. The predicted octanol–water partition coefficient (Wildman–Crippen LogP) is 7.70. The van der Waals surface area contributed by atoms with Crippen molar-refractivity contribution in [3.05, 3.63) is 83.4 Å². The van der Waals surface area contributed by atoms with E-state index in [1.165, 1.54) is 27.8 Å². The number of hydrogen-bond donors (Lipinski definition) is 0. The molecule has 0 aromatic heterocycles. The first-order valence-electron chi connectivity index (χ1n) is 9.85. The normalized spacial score (nSPS) is 11.4. The zero-order valence-electron chi connectivity index (χ0n) is 17.2. The minimum atomic E-state index is 0.107. The lowest BCUT2D eigenvalue weighted by molar-refractivity contribution is 0.472. The Hall–Kier alpha value is -2.54. The minimum absolute atomic E-state index is 0.107. The zero-order valence-corrected chi connectivity index (χ0v) is 17.2. The molecule has 1 nitrogen and oxygen atoms in total. The summed E-state index contributed by atoms with van der Waals surface area (Å²) in [6.45, 7) is 11.0. The maximum Gasteiger partial charge on any atom is 0.131 e. The molecule has 0 unspecified atom stereocenters. The molecule has 0 aliphatic heterocycles. The largest absolute Gasteiger partial charge is 0.457 e. The average molecular weight is 359 g/mol. The van der Waals surface area contributed by atoms with Gasteiger partial charge >= 0.3 is 0 Å². The summed E-state index contributed by atoms with van der Waals surface area (Å²) in [5.74, 6) is 1.86. The van der Waals surface area contributed by atoms with Crippen molar-refractivity contribution < 1.29 is 4.74 Å². The van der Waals surface area contributed by atoms with Gasteiger partial charge in [0.1, 0.15) is 11.5 Å². The van der Waals surface area contributed by atoms with E-state index >= 15 is 0 Å². The lowest BCUT2D eigenvalue weighted by Gasteiger charge is -2.20. The van der Waals surface area contributed by atoms with Gasteiger partial charge in [0.25, 0.3) is 0 Å². The third-order valence-electron chi connectivity index (χ3n) is 4.90. The fourth-order valence-electron chi connectivity index (χ4n) is 3.20. The van der Waals surface area contributed by atoms with Crippen LogP contribution in [0.5, 0.6) is 11.5 Å². The van der Waals surface area contributed by atoms with E-state index in [1.807, 2.05) is 6.07 Å². The third-order valence-corrected chi connectivity index (χ3v) is 4.90. The first-order valence-corrected chi connectivity index (χ1v) is 9.85. The molecule has 0 radical (unpaired) electrons. The molecule has 3 aromatic carbocycles. The van der Waals surface area contributed by atoms with Gasteiger partial charge in [0, 0.05) is 0 Å². The molecule has 0 bridgehead atoms. The number of rotatable bonds is 5. The summed E-state index contributed by atoms with van der Waals surface area (Å²) in [7, 11) is 0. The summed E-state index contributed by atoms with van der Waals surface area (Å²) in [6.07, 6.45) is 2.12. The molecule has 0 amide bonds. The van der Waals surface area contributed by atoms with Crippen molar-refractivity contribution in [1.29, 1.82) is 0 Å². The van der Waals surface area contributed by atoms with Gasteiger partial charge in [0.15, 0.2) is 0 Å². The Morgan fingerprint density at radius 2 is 1.52 bits per heavy atom. The summed E-state index contributed by atoms with van der Waals surface area (Å²) in [5, 5.41) is 0. The first kappa shape index (κ1) is 19.2. The molecule has 0 saturated carbocycles. The van der Waals surface area contributed by atoms with Crippen LogP contribution in [0.15, 0.2) is 66.7 Å². The van der Waals surface area contributed by atoms with Crippen LogP contribution in [0, 0.1) is 6.92 Å². The number of benzene rings is 3. The van der Waals surface area contributed by atoms with Crippen molar-refractivity contribution in [2.75, 3.05) is 0 Å². The molecule has 0 heterocycles. The standard InChI is InChI=1S/C26H30O/c1-6-8-21-15-16-22(20-13-11-19(2)12-14-20)17-25(21)27-24-10-7-9-23(18-24)26(3,4)5/h7,9-18H,6,8H2,1-5H3. The Morgan fingerprint density at radius 3 is 2.19 bits per heavy atom. The van der Waals surface area contributed by atoms with Gasteiger partial charge in [-0.2, -0.15) is 0 Å². The van der Waals surface area contributed by atoms with Crippen molar-refractivity contribution in [2.45, 2.75) is 52.9 Å². The Labute approximate surface area is 164 Å². The maximum absolute atomic E-state index is 6.38. The van der Waals surface area contributed by atoms with Crippen molar-refractivity contribution in [3.8, 4) is 22.6 Å². The minimum Gasteiger partial charge on any atom is -0.457 e. The lowest BCUT2D eigenvalue weighted by Crippen LogP contribution is -2.10. The molecule has 0 atom stereocenters. The van der Waals surface area contributed by atoms with E-state index in [-0.39, 0.29) is 5.41 Å². The zero-order chi connectivity index (χ0) is 19.4. The highest BCUT2D eigenvalue weighted by molar-refractivity contribution is 5.66. The average Bonchev–Trinajstić information content (AvgIpc) is 2.63. The highest BCUT2D eigenvalue weighted by atomic mass is 16.5. The molecule has 0 aliphatic carbocycles. The van der Waals surface area contributed by atoms with E-state index in [0.29, 0.717) is 0 Å². The molecule has 27 heavy (non-hydrogen) atoms. The van der Waals surface area contributed by atoms with E-state index < -0.39 is 0 Å². The van der Waals surface area contributed by atoms with Gasteiger partial charge in [-0.3, -0.25) is 0 Å². The fraction of sp³-hybridized carbons (Fsp3) is 0.308. The second-order valence-corrected chi connectivity index (χ2v) is 8.32. The molecule has 0 spiro atoms. The predicted molar refractivity (Wildman–Crippen MR) is 116 cm³/mol. The number of aryl methyl sites for hydroxylation is 2. The fourth-order valence-corrected chi connectivity index (χ4v) is 3.20. The smallest absolute Gasteiger partial charge is 0.131 e. The SMILES string of the molecule is CCCc1ccc(-c2ccc(C)cc2)cc1Oc1cccc(C(C)(C)C)c1. The molecule has 3 rings (SSSR count). The molecule has 0 fully saturated rings. The van der Waals surface area contributed by atoms with Crippen LogP contribution in [0.1, 0.15) is 50.8 Å². The lowest BCUT2D eigenvalue weighted by atomic mass is 9.87. The van der Waals surface area contributed by atoms with Gasteiger partial charge in [-0.1, -0.05) is 88.2 Å². The van der Waals surface area contributed by atoms with E-state index in [4.69, 9.17) is 4.74 Å². The summed E-state index contributed by atoms with van der Waals surface area (Å²) in [5.41, 5.74) is 6.34. The van der Waals surface area contributed by atoms with Gasteiger partial charge in [0.05, 0.1) is 0 Å². The Bertz CT molecular complexity index is 898. The molecule has 0 aliphatic rings. The second kappa shape index (κ2) is 8.00. The van der Waals surface area contributed by atoms with E-state index in [9.17, 15) is 0 Å². The first-order chi connectivity index (χ1) is 12.9. The van der Waals surface area contributed by atoms with Crippen molar-refractivity contribution in [3.63, 3.8) is 0 Å². The van der Waals surface area contributed by atoms with Crippen molar-refractivity contribution in [2.24, 2.45) is 0 Å². The van der Waals surface area contributed by atoms with E-state index in [1.54, 1.807) is 0 Å². The molecular formula is C26H30O. The Kier molecular flexibility index (Phi) is 5.70. The Morgan fingerprint density at radius 1 is 0.815 bits per heavy atom. The summed E-state index contributed by atoms with van der Waals surface area (Å²) in [4.78, 5) is 0. The van der Waals surface area contributed by atoms with Gasteiger partial charge in [0.2, 0.25) is 0 Å². The van der Waals surface area contributed by atoms with Crippen LogP contribution in [0.4, 0.5) is 0 Å². The van der Waals surface area contributed by atoms with Crippen LogP contribution in [-0.4, -0.2) is 0 Å². The highest BCUT2D eigenvalue weighted by Crippen LogP contribution is 2.33. The molecular weight excluding hydrogens is 328 g/mol. The summed E-state index contributed by atoms with van der Waals surface area (Å²) < 4.78 is 6.38. The van der Waals surface area contributed by atoms with Gasteiger partial charge < -0.3 is 4.74 Å². The molecule has 1 heteroatoms. The van der Waals surface area contributed by atoms with Gasteiger partial charge in [-0.05, 0) is 59.2 Å². The highest BCUT2D eigenvalue weighted by Gasteiger charge is 2.15. The Balaban J connectivity index is 1.97. The number of hydrogen-bond acceptors (Lipinski definition) is 1. The van der Waals surface area contributed by atoms with E-state index in [2.05, 4.69) is 95.3 Å². The summed E-state index contributed by atoms with van der Waals surface area (Å²) in [6, 6.07) is 23.7. The van der Waals surface area contributed by atoms with Crippen molar-refractivity contribution in [1.82, 2.24) is 0 Å². The third kappa shape index (κ3) is 4.80. The molecule has 140 valence electrons. The molecule has 0 saturated heterocycles. The monoisotopic (exact) mass is 358 g/mol.